The fraction of sp³-hybridized carbons (Fsp3) is 0.812. The van der Waals surface area contributed by atoms with Crippen LogP contribution < -0.4 is 0 Å². The largest absolute Gasteiger partial charge is 0.389 e. The zero-order valence-corrected chi connectivity index (χ0v) is 12.4. The summed E-state index contributed by atoms with van der Waals surface area (Å²) in [4.78, 5) is 11.6. The van der Waals surface area contributed by atoms with Crippen LogP contribution in [-0.2, 0) is 4.79 Å². The molecular formula is C16H23F3O. The van der Waals surface area contributed by atoms with E-state index in [1.807, 2.05) is 0 Å². The van der Waals surface area contributed by atoms with Crippen LogP contribution in [0.1, 0.15) is 52.9 Å². The minimum atomic E-state index is -4.08. The molecule has 1 nitrogen and oxygen atoms in total. The van der Waals surface area contributed by atoms with Gasteiger partial charge in [-0.15, -0.1) is 0 Å². The second-order valence-electron chi connectivity index (χ2n) is 6.96. The molecule has 0 saturated heterocycles. The van der Waals surface area contributed by atoms with Crippen molar-refractivity contribution >= 4 is 5.78 Å². The van der Waals surface area contributed by atoms with Crippen molar-refractivity contribution in [3.8, 4) is 0 Å². The van der Waals surface area contributed by atoms with E-state index in [2.05, 4.69) is 13.8 Å². The molecule has 1 fully saturated rings. The van der Waals surface area contributed by atoms with Crippen molar-refractivity contribution in [2.24, 2.45) is 23.2 Å². The van der Waals surface area contributed by atoms with Crippen molar-refractivity contribution in [1.29, 1.82) is 0 Å². The summed E-state index contributed by atoms with van der Waals surface area (Å²) in [5.74, 6) is 0.176. The Labute approximate surface area is 118 Å². The lowest BCUT2D eigenvalue weighted by Gasteiger charge is -2.48. The van der Waals surface area contributed by atoms with Gasteiger partial charge in [-0.1, -0.05) is 26.3 Å². The van der Waals surface area contributed by atoms with Gasteiger partial charge < -0.3 is 0 Å². The molecule has 0 bridgehead atoms. The van der Waals surface area contributed by atoms with E-state index in [0.717, 1.165) is 24.8 Å². The predicted molar refractivity (Wildman–Crippen MR) is 72.2 cm³/mol. The normalized spacial score (nSPS) is 36.3. The fourth-order valence-electron chi connectivity index (χ4n) is 3.96. The van der Waals surface area contributed by atoms with Crippen LogP contribution in [0.4, 0.5) is 13.2 Å². The Morgan fingerprint density at radius 3 is 2.70 bits per heavy atom. The monoisotopic (exact) mass is 288 g/mol. The number of alkyl halides is 3. The van der Waals surface area contributed by atoms with Gasteiger partial charge in [0.2, 0.25) is 0 Å². The Bertz CT molecular complexity index is 424. The van der Waals surface area contributed by atoms with Crippen LogP contribution in [-0.4, -0.2) is 12.0 Å². The summed E-state index contributed by atoms with van der Waals surface area (Å²) < 4.78 is 37.7. The molecular weight excluding hydrogens is 265 g/mol. The van der Waals surface area contributed by atoms with E-state index in [9.17, 15) is 18.0 Å². The number of rotatable bonds is 2. The number of carbonyl (C=O) groups is 1. The van der Waals surface area contributed by atoms with Gasteiger partial charge in [0.25, 0.3) is 0 Å². The molecule has 0 radical (unpaired) electrons. The molecule has 2 rings (SSSR count). The number of fused-ring (bicyclic) bond motifs is 1. The lowest BCUT2D eigenvalue weighted by molar-refractivity contribution is -0.148. The first-order valence-electron chi connectivity index (χ1n) is 7.42. The minimum Gasteiger partial charge on any atom is -0.295 e. The van der Waals surface area contributed by atoms with Gasteiger partial charge in [-0.3, -0.25) is 4.79 Å². The molecule has 0 aromatic carbocycles. The highest BCUT2D eigenvalue weighted by atomic mass is 19.4. The third-order valence-corrected chi connectivity index (χ3v) is 5.49. The number of allylic oxidation sites excluding steroid dienone is 2. The number of ketones is 1. The average Bonchev–Trinajstić information content (AvgIpc) is 2.28. The number of hydrogen-bond donors (Lipinski definition) is 0. The maximum absolute atomic E-state index is 12.6. The number of carbonyl (C=O) groups excluding carboxylic acids is 1. The maximum atomic E-state index is 12.6. The van der Waals surface area contributed by atoms with Crippen LogP contribution in [0.3, 0.4) is 0 Å². The van der Waals surface area contributed by atoms with Crippen molar-refractivity contribution in [3.05, 3.63) is 11.6 Å². The van der Waals surface area contributed by atoms with Gasteiger partial charge in [0.05, 0.1) is 0 Å². The van der Waals surface area contributed by atoms with Crippen molar-refractivity contribution in [2.75, 3.05) is 0 Å². The SMILES string of the molecule is CC(CC(F)(F)F)[C@@H]1CCC2=CC(=O)C[C@@H](C)[C@]2(C)C1. The molecule has 0 spiro atoms. The van der Waals surface area contributed by atoms with Crippen LogP contribution in [0.15, 0.2) is 11.6 Å². The molecule has 0 heterocycles. The smallest absolute Gasteiger partial charge is 0.295 e. The molecule has 0 aromatic heterocycles. The molecule has 0 aliphatic heterocycles. The van der Waals surface area contributed by atoms with Gasteiger partial charge in [-0.25, -0.2) is 0 Å². The Morgan fingerprint density at radius 2 is 2.10 bits per heavy atom. The molecule has 1 unspecified atom stereocenters. The summed E-state index contributed by atoms with van der Waals surface area (Å²) >= 11 is 0. The summed E-state index contributed by atoms with van der Waals surface area (Å²) in [6, 6.07) is 0. The van der Waals surface area contributed by atoms with Crippen LogP contribution in [0.5, 0.6) is 0 Å². The maximum Gasteiger partial charge on any atom is 0.389 e. The van der Waals surface area contributed by atoms with Crippen LogP contribution in [0, 0.1) is 23.2 Å². The zero-order chi connectivity index (χ0) is 15.1. The van der Waals surface area contributed by atoms with Crippen LogP contribution in [0.2, 0.25) is 0 Å². The molecule has 0 N–H and O–H groups in total. The molecule has 20 heavy (non-hydrogen) atoms. The highest BCUT2D eigenvalue weighted by molar-refractivity contribution is 5.92. The van der Waals surface area contributed by atoms with Gasteiger partial charge in [0, 0.05) is 12.8 Å². The van der Waals surface area contributed by atoms with Crippen molar-refractivity contribution in [1.82, 2.24) is 0 Å². The van der Waals surface area contributed by atoms with Crippen LogP contribution >= 0.6 is 0 Å². The molecule has 4 atom stereocenters. The third kappa shape index (κ3) is 3.09. The summed E-state index contributed by atoms with van der Waals surface area (Å²) in [7, 11) is 0. The lowest BCUT2D eigenvalue weighted by Crippen LogP contribution is -2.40. The van der Waals surface area contributed by atoms with Crippen LogP contribution in [0.25, 0.3) is 0 Å². The Morgan fingerprint density at radius 1 is 1.45 bits per heavy atom. The first-order chi connectivity index (χ1) is 9.12. The Hall–Kier alpha value is -0.800. The van der Waals surface area contributed by atoms with Gasteiger partial charge in [0.1, 0.15) is 0 Å². The molecule has 2 aliphatic rings. The van der Waals surface area contributed by atoms with Crippen molar-refractivity contribution < 1.29 is 18.0 Å². The quantitative estimate of drug-likeness (QED) is 0.705. The Balaban J connectivity index is 2.13. The third-order valence-electron chi connectivity index (χ3n) is 5.49. The van der Waals surface area contributed by atoms with E-state index in [1.165, 1.54) is 0 Å². The van der Waals surface area contributed by atoms with Gasteiger partial charge >= 0.3 is 6.18 Å². The first kappa shape index (κ1) is 15.6. The minimum absolute atomic E-state index is 0.0866. The molecule has 0 amide bonds. The summed E-state index contributed by atoms with van der Waals surface area (Å²) in [6.45, 7) is 5.90. The zero-order valence-electron chi connectivity index (χ0n) is 12.4. The van der Waals surface area contributed by atoms with Gasteiger partial charge in [0.15, 0.2) is 5.78 Å². The highest BCUT2D eigenvalue weighted by Crippen LogP contribution is 2.53. The summed E-state index contributed by atoms with van der Waals surface area (Å²) in [6.07, 6.45) is -0.154. The average molecular weight is 288 g/mol. The van der Waals surface area contributed by atoms with E-state index in [1.54, 1.807) is 13.0 Å². The van der Waals surface area contributed by atoms with Gasteiger partial charge in [-0.05, 0) is 48.5 Å². The topological polar surface area (TPSA) is 17.1 Å². The van der Waals surface area contributed by atoms with E-state index >= 15 is 0 Å². The predicted octanol–water partition coefficient (Wildman–Crippen LogP) is 4.92. The van der Waals surface area contributed by atoms with Crippen molar-refractivity contribution in [3.63, 3.8) is 0 Å². The Kier molecular flexibility index (Phi) is 4.05. The summed E-state index contributed by atoms with van der Waals surface area (Å²) in [5.41, 5.74) is 1.08. The van der Waals surface area contributed by atoms with E-state index in [0.29, 0.717) is 6.42 Å². The summed E-state index contributed by atoms with van der Waals surface area (Å²) in [5, 5.41) is 0. The number of hydrogen-bond acceptors (Lipinski definition) is 1. The molecule has 2 aliphatic carbocycles. The first-order valence-corrected chi connectivity index (χ1v) is 7.42. The molecule has 0 aromatic rings. The van der Waals surface area contributed by atoms with E-state index in [-0.39, 0.29) is 29.0 Å². The number of halogens is 3. The standard InChI is InChI=1S/C16H23F3O/c1-10(8-16(17,18)19)12-4-5-13-7-14(20)6-11(2)15(13,3)9-12/h7,10-12H,4-6,8-9H2,1-3H3/t10?,11-,12-,15+/m1/s1. The van der Waals surface area contributed by atoms with E-state index in [4.69, 9.17) is 0 Å². The lowest BCUT2D eigenvalue weighted by atomic mass is 9.56. The second kappa shape index (κ2) is 5.19. The van der Waals surface area contributed by atoms with E-state index < -0.39 is 12.6 Å². The molecule has 114 valence electrons. The van der Waals surface area contributed by atoms with Crippen molar-refractivity contribution in [2.45, 2.75) is 59.1 Å². The molecule has 4 heteroatoms. The molecule has 1 saturated carbocycles. The fourth-order valence-corrected chi connectivity index (χ4v) is 3.96. The second-order valence-corrected chi connectivity index (χ2v) is 6.96. The van der Waals surface area contributed by atoms with Gasteiger partial charge in [-0.2, -0.15) is 13.2 Å². The highest BCUT2D eigenvalue weighted by Gasteiger charge is 2.45.